The van der Waals surface area contributed by atoms with Gasteiger partial charge in [-0.05, 0) is 84.7 Å². The number of piperidine rings is 1. The number of aryl methyl sites for hydroxylation is 2. The third-order valence-corrected chi connectivity index (χ3v) is 9.62. The van der Waals surface area contributed by atoms with Gasteiger partial charge in [-0.3, -0.25) is 14.5 Å². The Morgan fingerprint density at radius 3 is 2.38 bits per heavy atom. The molecule has 0 bridgehead atoms. The van der Waals surface area contributed by atoms with Crippen molar-refractivity contribution >= 4 is 16.9 Å². The average molecular weight is 719 g/mol. The summed E-state index contributed by atoms with van der Waals surface area (Å²) < 4.78 is 75.0. The van der Waals surface area contributed by atoms with Crippen LogP contribution in [0.1, 0.15) is 41.6 Å². The summed E-state index contributed by atoms with van der Waals surface area (Å²) in [7, 11) is 1.63. The average Bonchev–Trinajstić information content (AvgIpc) is 3.15. The Labute approximate surface area is 298 Å². The van der Waals surface area contributed by atoms with E-state index in [4.69, 9.17) is 4.74 Å². The van der Waals surface area contributed by atoms with E-state index in [2.05, 4.69) is 9.88 Å². The van der Waals surface area contributed by atoms with Crippen LogP contribution in [0.2, 0.25) is 0 Å². The minimum atomic E-state index is -4.42. The highest BCUT2D eigenvalue weighted by Gasteiger charge is 2.32. The van der Waals surface area contributed by atoms with Crippen molar-refractivity contribution in [1.82, 2.24) is 19.4 Å². The molecule has 52 heavy (non-hydrogen) atoms. The summed E-state index contributed by atoms with van der Waals surface area (Å²) in [4.78, 5) is 36.3. The summed E-state index contributed by atoms with van der Waals surface area (Å²) in [6.45, 7) is 1.96. The topological polar surface area (TPSA) is 67.7 Å². The molecule has 0 spiro atoms. The number of carbonyl (C=O) groups excluding carboxylic acids is 1. The van der Waals surface area contributed by atoms with Gasteiger partial charge < -0.3 is 14.2 Å². The molecule has 1 aliphatic rings. The van der Waals surface area contributed by atoms with Gasteiger partial charge in [0.2, 0.25) is 5.91 Å². The van der Waals surface area contributed by atoms with Crippen LogP contribution >= 0.6 is 0 Å². The van der Waals surface area contributed by atoms with Gasteiger partial charge in [0.15, 0.2) is 17.1 Å². The molecule has 1 atom stereocenters. The second-order valence-electron chi connectivity index (χ2n) is 13.0. The summed E-state index contributed by atoms with van der Waals surface area (Å²) in [5, 5.41) is 0.334. The molecule has 12 heteroatoms. The highest BCUT2D eigenvalue weighted by molar-refractivity contribution is 5.81. The smallest absolute Gasteiger partial charge is 0.383 e. The maximum atomic E-state index is 14.6. The molecule has 1 saturated heterocycles. The monoisotopic (exact) mass is 718 g/mol. The number of benzene rings is 3. The van der Waals surface area contributed by atoms with Gasteiger partial charge in [-0.2, -0.15) is 13.2 Å². The predicted molar refractivity (Wildman–Crippen MR) is 188 cm³/mol. The molecule has 2 aromatic heterocycles. The third-order valence-electron chi connectivity index (χ3n) is 9.62. The van der Waals surface area contributed by atoms with Gasteiger partial charge in [-0.1, -0.05) is 48.5 Å². The number of fused-ring (bicyclic) bond motifs is 1. The molecule has 1 amide bonds. The van der Waals surface area contributed by atoms with E-state index < -0.39 is 23.4 Å². The number of halogens is 5. The number of hydrogen-bond donors (Lipinski definition) is 0. The van der Waals surface area contributed by atoms with E-state index in [1.807, 2.05) is 29.2 Å². The minimum Gasteiger partial charge on any atom is -0.383 e. The molecule has 6 rings (SSSR count). The van der Waals surface area contributed by atoms with Gasteiger partial charge in [0.1, 0.15) is 12.2 Å². The van der Waals surface area contributed by atoms with Gasteiger partial charge in [0.25, 0.3) is 0 Å². The number of carbonyl (C=O) groups is 1. The summed E-state index contributed by atoms with van der Waals surface area (Å²) in [5.74, 6) is -2.14. The van der Waals surface area contributed by atoms with Crippen LogP contribution in [0.15, 0.2) is 95.9 Å². The number of rotatable bonds is 12. The fourth-order valence-corrected chi connectivity index (χ4v) is 6.87. The molecule has 7 nitrogen and oxygen atoms in total. The standard InChI is InChI=1S/C40H39F5N4O3/c1-52-23-22-47-21-3-2-9-36(47)49(25-27-10-12-28(13-11-27)29-14-17-31(18-15-29)40(43,44)45)37(51)26-48-32(19-16-30-6-4-8-34(41)38(30)42)24-35(50)33-7-5-20-46-39(33)48/h4-8,10-15,17-18,20,24,36H,2-3,9,16,19,21-23,25-26H2,1H3. The highest BCUT2D eigenvalue weighted by Crippen LogP contribution is 2.31. The first kappa shape index (κ1) is 36.8. The van der Waals surface area contributed by atoms with Gasteiger partial charge in [-0.25, -0.2) is 13.8 Å². The Morgan fingerprint density at radius 2 is 1.67 bits per heavy atom. The van der Waals surface area contributed by atoms with Crippen LogP contribution in [0.4, 0.5) is 22.0 Å². The number of alkyl halides is 3. The normalized spacial score (nSPS) is 15.2. The molecule has 0 radical (unpaired) electrons. The Hall–Kier alpha value is -4.94. The molecule has 1 aliphatic heterocycles. The number of amides is 1. The molecule has 5 aromatic rings. The van der Waals surface area contributed by atoms with Crippen molar-refractivity contribution in [3.63, 3.8) is 0 Å². The van der Waals surface area contributed by atoms with Gasteiger partial charge in [0.05, 0.1) is 23.7 Å². The zero-order valence-electron chi connectivity index (χ0n) is 28.7. The van der Waals surface area contributed by atoms with Gasteiger partial charge in [-0.15, -0.1) is 0 Å². The van der Waals surface area contributed by atoms with Crippen LogP contribution in [0.5, 0.6) is 0 Å². The number of methoxy groups -OCH3 is 1. The first-order valence-electron chi connectivity index (χ1n) is 17.2. The van der Waals surface area contributed by atoms with E-state index in [9.17, 15) is 31.5 Å². The second kappa shape index (κ2) is 16.2. The quantitative estimate of drug-likeness (QED) is 0.124. The van der Waals surface area contributed by atoms with E-state index in [1.54, 1.807) is 30.0 Å². The summed E-state index contributed by atoms with van der Waals surface area (Å²) in [6, 6.07) is 21.1. The Kier molecular flexibility index (Phi) is 11.5. The lowest BCUT2D eigenvalue weighted by Crippen LogP contribution is -2.54. The third kappa shape index (κ3) is 8.40. The number of likely N-dealkylation sites (tertiary alicyclic amines) is 1. The molecule has 0 saturated carbocycles. The van der Waals surface area contributed by atoms with Crippen molar-refractivity contribution in [1.29, 1.82) is 0 Å². The van der Waals surface area contributed by atoms with E-state index in [-0.39, 0.29) is 49.0 Å². The second-order valence-corrected chi connectivity index (χ2v) is 13.0. The van der Waals surface area contributed by atoms with E-state index >= 15 is 0 Å². The number of nitrogens with zero attached hydrogens (tertiary/aromatic N) is 4. The summed E-state index contributed by atoms with van der Waals surface area (Å²) in [5.41, 5.74) is 2.13. The largest absolute Gasteiger partial charge is 0.416 e. The molecule has 1 fully saturated rings. The SMILES string of the molecule is COCCN1CCCCC1N(Cc1ccc(-c2ccc(C(F)(F)F)cc2)cc1)C(=O)Cn1c(CCc2cccc(F)c2F)cc(=O)c2cccnc21. The van der Waals surface area contributed by atoms with E-state index in [0.717, 1.165) is 55.1 Å². The van der Waals surface area contributed by atoms with Crippen molar-refractivity contribution in [2.24, 2.45) is 0 Å². The summed E-state index contributed by atoms with van der Waals surface area (Å²) in [6.07, 6.45) is -0.267. The molecule has 1 unspecified atom stereocenters. The lowest BCUT2D eigenvalue weighted by molar-refractivity contribution is -0.141. The lowest BCUT2D eigenvalue weighted by Gasteiger charge is -2.43. The van der Waals surface area contributed by atoms with Crippen LogP contribution in [0.25, 0.3) is 22.2 Å². The van der Waals surface area contributed by atoms with Crippen LogP contribution in [0.3, 0.4) is 0 Å². The Morgan fingerprint density at radius 1 is 0.942 bits per heavy atom. The number of hydrogen-bond acceptors (Lipinski definition) is 5. The first-order chi connectivity index (χ1) is 25.0. The van der Waals surface area contributed by atoms with Gasteiger partial charge >= 0.3 is 6.18 Å². The van der Waals surface area contributed by atoms with Crippen molar-refractivity contribution < 1.29 is 31.5 Å². The molecule has 0 N–H and O–H groups in total. The van der Waals surface area contributed by atoms with Crippen LogP contribution in [-0.4, -0.2) is 58.2 Å². The highest BCUT2D eigenvalue weighted by atomic mass is 19.4. The summed E-state index contributed by atoms with van der Waals surface area (Å²) >= 11 is 0. The van der Waals surface area contributed by atoms with Crippen LogP contribution in [-0.2, 0) is 41.6 Å². The lowest BCUT2D eigenvalue weighted by atomic mass is 10.0. The molecular weight excluding hydrogens is 679 g/mol. The zero-order valence-corrected chi connectivity index (χ0v) is 28.7. The van der Waals surface area contributed by atoms with E-state index in [1.165, 1.54) is 30.3 Å². The number of pyridine rings is 2. The van der Waals surface area contributed by atoms with E-state index in [0.29, 0.717) is 35.4 Å². The number of ether oxygens (including phenoxy) is 1. The van der Waals surface area contributed by atoms with Crippen molar-refractivity contribution in [2.45, 2.75) is 57.5 Å². The maximum absolute atomic E-state index is 14.6. The van der Waals surface area contributed by atoms with Crippen molar-refractivity contribution in [3.8, 4) is 11.1 Å². The van der Waals surface area contributed by atoms with Crippen LogP contribution < -0.4 is 5.43 Å². The Balaban J connectivity index is 1.32. The maximum Gasteiger partial charge on any atom is 0.416 e. The van der Waals surface area contributed by atoms with Crippen molar-refractivity contribution in [3.05, 3.63) is 135 Å². The first-order valence-corrected chi connectivity index (χ1v) is 17.2. The zero-order chi connectivity index (χ0) is 36.8. The fraction of sp³-hybridized carbons (Fsp3) is 0.325. The Bertz CT molecular complexity index is 2070. The predicted octanol–water partition coefficient (Wildman–Crippen LogP) is 7.63. The molecule has 0 aliphatic carbocycles. The van der Waals surface area contributed by atoms with Crippen molar-refractivity contribution in [2.75, 3.05) is 26.8 Å². The molecular formula is C40H39F5N4O3. The molecule has 272 valence electrons. The molecule has 3 aromatic carbocycles. The number of aromatic nitrogens is 2. The minimum absolute atomic E-state index is 0.0952. The fourth-order valence-electron chi connectivity index (χ4n) is 6.87. The van der Waals surface area contributed by atoms with Crippen LogP contribution in [0, 0.1) is 11.6 Å². The molecule has 3 heterocycles. The van der Waals surface area contributed by atoms with Gasteiger partial charge in [0, 0.05) is 44.7 Å².